The number of anilines is 3. The van der Waals surface area contributed by atoms with Crippen molar-refractivity contribution in [2.24, 2.45) is 0 Å². The van der Waals surface area contributed by atoms with E-state index in [9.17, 15) is 9.59 Å². The average molecular weight is 584 g/mol. The molecule has 2 aliphatic rings. The lowest BCUT2D eigenvalue weighted by Crippen LogP contribution is -2.56. The van der Waals surface area contributed by atoms with Gasteiger partial charge in [-0.05, 0) is 36.1 Å². The van der Waals surface area contributed by atoms with E-state index >= 15 is 0 Å². The molecule has 1 fully saturated rings. The van der Waals surface area contributed by atoms with Gasteiger partial charge < -0.3 is 25.8 Å². The molecule has 3 heterocycles. The number of carbonyl (C=O) groups excluding carboxylic acids is 2. The first-order valence-corrected chi connectivity index (χ1v) is 13.4. The van der Waals surface area contributed by atoms with Crippen molar-refractivity contribution in [3.05, 3.63) is 59.7 Å². The Kier molecular flexibility index (Phi) is 6.68. The number of nitrogens with zero attached hydrogens (tertiary/aromatic N) is 4. The Balaban J connectivity index is 1.25. The Labute approximate surface area is 218 Å². The fourth-order valence-electron chi connectivity index (χ4n) is 4.97. The summed E-state index contributed by atoms with van der Waals surface area (Å²) in [5.41, 5.74) is 11.3. The zero-order valence-corrected chi connectivity index (χ0v) is 21.9. The summed E-state index contributed by atoms with van der Waals surface area (Å²) in [6.45, 7) is 2.50. The number of nitrogen functional groups attached to an aromatic ring is 1. The summed E-state index contributed by atoms with van der Waals surface area (Å²) in [6, 6.07) is 15.4. The molecule has 8 nitrogen and oxygen atoms in total. The summed E-state index contributed by atoms with van der Waals surface area (Å²) in [7, 11) is 1.78. The van der Waals surface area contributed by atoms with E-state index in [4.69, 9.17) is 5.73 Å². The highest BCUT2D eigenvalue weighted by atomic mass is 127. The van der Waals surface area contributed by atoms with E-state index in [1.165, 1.54) is 5.56 Å². The van der Waals surface area contributed by atoms with Crippen LogP contribution < -0.4 is 20.9 Å². The Bertz CT molecular complexity index is 1270. The third-order valence-electron chi connectivity index (χ3n) is 6.92. The molecule has 0 unspecified atom stereocenters. The molecule has 182 valence electrons. The number of piperazine rings is 1. The van der Waals surface area contributed by atoms with Crippen molar-refractivity contribution in [2.75, 3.05) is 48.8 Å². The predicted octanol–water partition coefficient (Wildman–Crippen LogP) is 3.56. The predicted molar refractivity (Wildman–Crippen MR) is 148 cm³/mol. The molecule has 1 saturated heterocycles. The third-order valence-corrected chi connectivity index (χ3v) is 7.80. The van der Waals surface area contributed by atoms with Crippen molar-refractivity contribution < 1.29 is 9.59 Å². The number of para-hydroxylation sites is 1. The number of nitrogens with two attached hydrogens (primary N) is 1. The molecule has 1 atom stereocenters. The minimum Gasteiger partial charge on any atom is -0.384 e. The van der Waals surface area contributed by atoms with Crippen LogP contribution in [0, 0.1) is 0 Å². The maximum absolute atomic E-state index is 13.1. The molecule has 0 saturated carbocycles. The monoisotopic (exact) mass is 584 g/mol. The third kappa shape index (κ3) is 4.73. The van der Waals surface area contributed by atoms with Gasteiger partial charge in [-0.1, -0.05) is 52.9 Å². The molecule has 3 N–H and O–H groups in total. The molecular weight excluding hydrogens is 555 g/mol. The number of hydrogen-bond acceptors (Lipinski definition) is 5. The highest BCUT2D eigenvalue weighted by molar-refractivity contribution is 14.1. The van der Waals surface area contributed by atoms with Crippen molar-refractivity contribution >= 4 is 62.6 Å². The van der Waals surface area contributed by atoms with Gasteiger partial charge in [-0.3, -0.25) is 4.79 Å². The van der Waals surface area contributed by atoms with Crippen molar-refractivity contribution in [1.29, 1.82) is 0 Å². The smallest absolute Gasteiger partial charge is 0.318 e. The quantitative estimate of drug-likeness (QED) is 0.363. The number of aryl methyl sites for hydroxylation is 1. The summed E-state index contributed by atoms with van der Waals surface area (Å²) in [5, 5.41) is 4.06. The van der Waals surface area contributed by atoms with Crippen molar-refractivity contribution in [3.63, 3.8) is 0 Å². The zero-order valence-electron chi connectivity index (χ0n) is 19.7. The lowest BCUT2D eigenvalue weighted by molar-refractivity contribution is -0.120. The number of hydrogen-bond donors (Lipinski definition) is 2. The molecule has 2 aromatic carbocycles. The minimum atomic E-state index is -0.533. The first kappa shape index (κ1) is 23.7. The van der Waals surface area contributed by atoms with Crippen LogP contribution in [0.3, 0.4) is 0 Å². The summed E-state index contributed by atoms with van der Waals surface area (Å²) >= 11 is 2.34. The van der Waals surface area contributed by atoms with E-state index in [0.717, 1.165) is 38.7 Å². The van der Waals surface area contributed by atoms with Crippen molar-refractivity contribution in [1.82, 2.24) is 15.2 Å². The Morgan fingerprint density at radius 3 is 2.66 bits per heavy atom. The molecule has 2 aliphatic heterocycles. The van der Waals surface area contributed by atoms with E-state index in [1.54, 1.807) is 16.8 Å². The lowest BCUT2D eigenvalue weighted by Gasteiger charge is -2.37. The molecule has 0 radical (unpaired) electrons. The van der Waals surface area contributed by atoms with Gasteiger partial charge in [0.05, 0.1) is 5.52 Å². The molecule has 0 bridgehead atoms. The summed E-state index contributed by atoms with van der Waals surface area (Å²) in [6.07, 6.45) is 1.34. The minimum absolute atomic E-state index is 0.0773. The van der Waals surface area contributed by atoms with Crippen molar-refractivity contribution in [2.45, 2.75) is 23.3 Å². The number of amides is 3. The maximum atomic E-state index is 13.1. The van der Waals surface area contributed by atoms with Crippen LogP contribution in [0.4, 0.5) is 22.0 Å². The first-order chi connectivity index (χ1) is 16.9. The number of rotatable bonds is 3. The number of carbonyl (C=O) groups is 2. The summed E-state index contributed by atoms with van der Waals surface area (Å²) in [5.74, 6) is 0.418. The number of pyridine rings is 1. The normalized spacial score (nSPS) is 18.4. The Morgan fingerprint density at radius 1 is 1.11 bits per heavy atom. The molecular formula is C26H29IN6O2. The number of aromatic nitrogens is 1. The van der Waals surface area contributed by atoms with Crippen LogP contribution in [-0.4, -0.2) is 61.1 Å². The van der Waals surface area contributed by atoms with Crippen LogP contribution in [-0.2, 0) is 15.6 Å². The van der Waals surface area contributed by atoms with Crippen LogP contribution in [0.25, 0.3) is 10.9 Å². The largest absolute Gasteiger partial charge is 0.384 e. The number of alkyl halides is 1. The van der Waals surface area contributed by atoms with Gasteiger partial charge in [0, 0.05) is 60.5 Å². The van der Waals surface area contributed by atoms with Gasteiger partial charge >= 0.3 is 6.03 Å². The molecule has 0 spiro atoms. The summed E-state index contributed by atoms with van der Waals surface area (Å²) in [4.78, 5) is 36.3. The van der Waals surface area contributed by atoms with Crippen LogP contribution in [0.1, 0.15) is 17.5 Å². The highest BCUT2D eigenvalue weighted by Crippen LogP contribution is 2.30. The van der Waals surface area contributed by atoms with Gasteiger partial charge in [0.1, 0.15) is 11.9 Å². The SMILES string of the molecule is CN1C(=O)[C@@H](NC(=O)N2CCN(c3cc(N)nc4cc(CI)ccc34)CC2)CCc2ccccc21. The van der Waals surface area contributed by atoms with Gasteiger partial charge in [0.25, 0.3) is 0 Å². The van der Waals surface area contributed by atoms with Gasteiger partial charge in [-0.25, -0.2) is 9.78 Å². The Hall–Kier alpha value is -3.08. The van der Waals surface area contributed by atoms with E-state index in [0.29, 0.717) is 38.4 Å². The second-order valence-corrected chi connectivity index (χ2v) is 9.85. The van der Waals surface area contributed by atoms with Crippen LogP contribution in [0.15, 0.2) is 48.5 Å². The second kappa shape index (κ2) is 9.88. The molecule has 1 aromatic heterocycles. The second-order valence-electron chi connectivity index (χ2n) is 9.09. The van der Waals surface area contributed by atoms with Crippen molar-refractivity contribution in [3.8, 4) is 0 Å². The maximum Gasteiger partial charge on any atom is 0.318 e. The van der Waals surface area contributed by atoms with E-state index < -0.39 is 6.04 Å². The standard InChI is InChI=1S/C26H29IN6O2/c1-31-22-5-3-2-4-18(22)7-9-20(25(31)34)30-26(35)33-12-10-32(11-13-33)23-15-24(28)29-21-14-17(16-27)6-8-19(21)23/h2-6,8,14-15,20H,7,9-13,16H2,1H3,(H2,28,29)(H,30,35)/t20-/m0/s1. The molecule has 5 rings (SSSR count). The van der Waals surface area contributed by atoms with Crippen LogP contribution in [0.2, 0.25) is 0 Å². The van der Waals surface area contributed by atoms with E-state index in [1.807, 2.05) is 30.3 Å². The highest BCUT2D eigenvalue weighted by Gasteiger charge is 2.31. The number of likely N-dealkylation sites (N-methyl/N-ethyl adjacent to an activating group) is 1. The fraction of sp³-hybridized carbons (Fsp3) is 0.346. The fourth-order valence-corrected chi connectivity index (χ4v) is 5.44. The van der Waals surface area contributed by atoms with Gasteiger partial charge in [-0.15, -0.1) is 0 Å². The molecule has 9 heteroatoms. The van der Waals surface area contributed by atoms with E-state index in [-0.39, 0.29) is 11.9 Å². The van der Waals surface area contributed by atoms with E-state index in [2.05, 4.69) is 56.0 Å². The van der Waals surface area contributed by atoms with Crippen LogP contribution in [0.5, 0.6) is 0 Å². The number of urea groups is 1. The van der Waals surface area contributed by atoms with Crippen LogP contribution >= 0.6 is 22.6 Å². The number of benzene rings is 2. The topological polar surface area (TPSA) is 94.8 Å². The zero-order chi connectivity index (χ0) is 24.5. The van der Waals surface area contributed by atoms with Gasteiger partial charge in [-0.2, -0.15) is 0 Å². The number of fused-ring (bicyclic) bond motifs is 2. The molecule has 0 aliphatic carbocycles. The molecule has 35 heavy (non-hydrogen) atoms. The Morgan fingerprint density at radius 2 is 1.89 bits per heavy atom. The van der Waals surface area contributed by atoms with Gasteiger partial charge in [0.15, 0.2) is 0 Å². The summed E-state index contributed by atoms with van der Waals surface area (Å²) < 4.78 is 0.915. The first-order valence-electron chi connectivity index (χ1n) is 11.9. The molecule has 3 aromatic rings. The number of nitrogens with one attached hydrogen (secondary N) is 1. The molecule has 3 amide bonds. The average Bonchev–Trinajstić information content (AvgIpc) is 3.00. The van der Waals surface area contributed by atoms with Gasteiger partial charge in [0.2, 0.25) is 5.91 Å². The lowest BCUT2D eigenvalue weighted by atomic mass is 10.1. The number of halogens is 1.